The first-order valence-electron chi connectivity index (χ1n) is 7.30. The number of thiazole rings is 1. The maximum Gasteiger partial charge on any atom is 0.277 e. The van der Waals surface area contributed by atoms with E-state index in [1.165, 1.54) is 11.3 Å². The van der Waals surface area contributed by atoms with Gasteiger partial charge in [0.1, 0.15) is 0 Å². The molecule has 0 saturated heterocycles. The lowest BCUT2D eigenvalue weighted by molar-refractivity contribution is 0.102. The van der Waals surface area contributed by atoms with Crippen LogP contribution in [-0.2, 0) is 0 Å². The number of aromatic nitrogens is 3. The summed E-state index contributed by atoms with van der Waals surface area (Å²) in [6.07, 6.45) is 2.02. The third-order valence-electron chi connectivity index (χ3n) is 3.47. The minimum atomic E-state index is -0.225. The van der Waals surface area contributed by atoms with E-state index in [1.54, 1.807) is 17.8 Å². The highest BCUT2D eigenvalue weighted by Crippen LogP contribution is 2.32. The fraction of sp³-hybridized carbons (Fsp3) is 0.312. The van der Waals surface area contributed by atoms with Gasteiger partial charge in [-0.3, -0.25) is 14.8 Å². The molecule has 0 spiro atoms. The molecule has 3 aromatic rings. The van der Waals surface area contributed by atoms with Gasteiger partial charge in [0.15, 0.2) is 10.8 Å². The first kappa shape index (κ1) is 16.0. The molecule has 1 amide bonds. The predicted molar refractivity (Wildman–Crippen MR) is 96.7 cm³/mol. The van der Waals surface area contributed by atoms with Gasteiger partial charge in [0.25, 0.3) is 5.91 Å². The van der Waals surface area contributed by atoms with Crippen LogP contribution in [0.25, 0.3) is 10.2 Å². The number of nitrogens with one attached hydrogen (secondary N) is 1. The third kappa shape index (κ3) is 3.11. The van der Waals surface area contributed by atoms with Crippen molar-refractivity contribution >= 4 is 44.4 Å². The predicted octanol–water partition coefficient (Wildman–Crippen LogP) is 4.36. The summed E-state index contributed by atoms with van der Waals surface area (Å²) in [4.78, 5) is 18.1. The molecule has 0 fully saturated rings. The summed E-state index contributed by atoms with van der Waals surface area (Å²) in [6.45, 7) is 6.03. The number of rotatable bonds is 4. The quantitative estimate of drug-likeness (QED) is 0.713. The highest BCUT2D eigenvalue weighted by Gasteiger charge is 2.16. The van der Waals surface area contributed by atoms with E-state index in [1.807, 2.05) is 49.9 Å². The zero-order valence-corrected chi connectivity index (χ0v) is 15.1. The molecule has 120 valence electrons. The van der Waals surface area contributed by atoms with Crippen LogP contribution in [0.4, 0.5) is 5.13 Å². The summed E-state index contributed by atoms with van der Waals surface area (Å²) in [5, 5.41) is 7.83. The molecule has 2 heterocycles. The summed E-state index contributed by atoms with van der Waals surface area (Å²) in [5.74, 6) is -0.225. The Bertz CT molecular complexity index is 866. The van der Waals surface area contributed by atoms with E-state index < -0.39 is 0 Å². The fourth-order valence-corrected chi connectivity index (χ4v) is 3.94. The van der Waals surface area contributed by atoms with Gasteiger partial charge in [-0.2, -0.15) is 5.10 Å². The lowest BCUT2D eigenvalue weighted by atomic mass is 10.3. The Kier molecular flexibility index (Phi) is 4.41. The Morgan fingerprint density at radius 1 is 1.39 bits per heavy atom. The number of carbonyl (C=O) groups excluding carboxylic acids is 1. The number of thioether (sulfide) groups is 1. The number of para-hydroxylation sites is 1. The molecular weight excluding hydrogens is 328 g/mol. The molecular formula is C16H18N4OS2. The number of amides is 1. The highest BCUT2D eigenvalue weighted by molar-refractivity contribution is 7.98. The number of hydrogen-bond donors (Lipinski definition) is 1. The number of anilines is 1. The average Bonchev–Trinajstić information content (AvgIpc) is 3.09. The van der Waals surface area contributed by atoms with Gasteiger partial charge < -0.3 is 0 Å². The zero-order chi connectivity index (χ0) is 16.6. The van der Waals surface area contributed by atoms with Gasteiger partial charge in [0, 0.05) is 16.6 Å². The lowest BCUT2D eigenvalue weighted by Gasteiger charge is -2.06. The van der Waals surface area contributed by atoms with Crippen molar-refractivity contribution in [2.24, 2.45) is 0 Å². The van der Waals surface area contributed by atoms with Crippen molar-refractivity contribution in [3.8, 4) is 0 Å². The molecule has 2 aromatic heterocycles. The van der Waals surface area contributed by atoms with Crippen LogP contribution in [-0.4, -0.2) is 26.9 Å². The Labute approximate surface area is 143 Å². The summed E-state index contributed by atoms with van der Waals surface area (Å²) in [6, 6.07) is 8.08. The SMILES string of the molecule is CSc1cccc2sc(NC(=O)c3cc(C)n(C(C)C)n3)nc12. The van der Waals surface area contributed by atoms with Crippen LogP contribution < -0.4 is 5.32 Å². The van der Waals surface area contributed by atoms with Crippen molar-refractivity contribution < 1.29 is 4.79 Å². The molecule has 5 nitrogen and oxygen atoms in total. The highest BCUT2D eigenvalue weighted by atomic mass is 32.2. The molecule has 0 aliphatic rings. The molecule has 0 unspecified atom stereocenters. The van der Waals surface area contributed by atoms with Gasteiger partial charge in [0.2, 0.25) is 0 Å². The minimum Gasteiger partial charge on any atom is -0.296 e. The Balaban J connectivity index is 1.87. The summed E-state index contributed by atoms with van der Waals surface area (Å²) in [7, 11) is 0. The van der Waals surface area contributed by atoms with Crippen LogP contribution in [0.15, 0.2) is 29.2 Å². The molecule has 23 heavy (non-hydrogen) atoms. The van der Waals surface area contributed by atoms with Gasteiger partial charge in [-0.15, -0.1) is 11.8 Å². The van der Waals surface area contributed by atoms with E-state index in [-0.39, 0.29) is 11.9 Å². The molecule has 7 heteroatoms. The zero-order valence-electron chi connectivity index (χ0n) is 13.5. The molecule has 0 bridgehead atoms. The van der Waals surface area contributed by atoms with Gasteiger partial charge in [-0.05, 0) is 45.2 Å². The first-order valence-corrected chi connectivity index (χ1v) is 9.34. The molecule has 3 rings (SSSR count). The second kappa shape index (κ2) is 6.33. The standard InChI is InChI=1S/C16H18N4OS2/c1-9(2)20-10(3)8-11(19-20)15(21)18-16-17-14-12(22-4)6-5-7-13(14)23-16/h5-9H,1-4H3,(H,17,18,21). The van der Waals surface area contributed by atoms with E-state index in [4.69, 9.17) is 0 Å². The maximum atomic E-state index is 12.4. The number of aryl methyl sites for hydroxylation is 1. The van der Waals surface area contributed by atoms with Gasteiger partial charge in [0.05, 0.1) is 10.2 Å². The van der Waals surface area contributed by atoms with Gasteiger partial charge in [-0.25, -0.2) is 4.98 Å². The third-order valence-corrected chi connectivity index (χ3v) is 5.17. The van der Waals surface area contributed by atoms with E-state index in [2.05, 4.69) is 15.4 Å². The van der Waals surface area contributed by atoms with Crippen LogP contribution in [0.1, 0.15) is 36.1 Å². The minimum absolute atomic E-state index is 0.225. The summed E-state index contributed by atoms with van der Waals surface area (Å²) >= 11 is 3.13. The van der Waals surface area contributed by atoms with Crippen molar-refractivity contribution in [3.63, 3.8) is 0 Å². The number of fused-ring (bicyclic) bond motifs is 1. The van der Waals surface area contributed by atoms with Crippen molar-refractivity contribution in [1.29, 1.82) is 0 Å². The van der Waals surface area contributed by atoms with Crippen LogP contribution in [0, 0.1) is 6.92 Å². The van der Waals surface area contributed by atoms with Crippen molar-refractivity contribution in [3.05, 3.63) is 35.7 Å². The normalized spacial score (nSPS) is 11.3. The van der Waals surface area contributed by atoms with Crippen LogP contribution in [0.3, 0.4) is 0 Å². The molecule has 0 radical (unpaired) electrons. The number of nitrogens with zero attached hydrogens (tertiary/aromatic N) is 3. The van der Waals surface area contributed by atoms with E-state index in [9.17, 15) is 4.79 Å². The molecule has 0 saturated carbocycles. The second-order valence-corrected chi connectivity index (χ2v) is 7.37. The number of benzene rings is 1. The van der Waals surface area contributed by atoms with E-state index in [0.717, 1.165) is 20.8 Å². The number of hydrogen-bond acceptors (Lipinski definition) is 5. The van der Waals surface area contributed by atoms with Crippen molar-refractivity contribution in [2.75, 3.05) is 11.6 Å². The average molecular weight is 346 g/mol. The largest absolute Gasteiger partial charge is 0.296 e. The molecule has 1 aromatic carbocycles. The summed E-state index contributed by atoms with van der Waals surface area (Å²) < 4.78 is 2.91. The van der Waals surface area contributed by atoms with Gasteiger partial charge in [-0.1, -0.05) is 17.4 Å². The topological polar surface area (TPSA) is 59.8 Å². The maximum absolute atomic E-state index is 12.4. The monoisotopic (exact) mass is 346 g/mol. The first-order chi connectivity index (χ1) is 11.0. The molecule has 1 N–H and O–H groups in total. The van der Waals surface area contributed by atoms with Gasteiger partial charge >= 0.3 is 0 Å². The van der Waals surface area contributed by atoms with Crippen LogP contribution in [0.2, 0.25) is 0 Å². The molecule has 0 atom stereocenters. The Morgan fingerprint density at radius 2 is 2.17 bits per heavy atom. The number of carbonyl (C=O) groups is 1. The Hall–Kier alpha value is -1.86. The second-order valence-electron chi connectivity index (χ2n) is 5.49. The van der Waals surface area contributed by atoms with Crippen molar-refractivity contribution in [2.45, 2.75) is 31.7 Å². The van der Waals surface area contributed by atoms with Crippen LogP contribution in [0.5, 0.6) is 0 Å². The van der Waals surface area contributed by atoms with E-state index in [0.29, 0.717) is 10.8 Å². The Morgan fingerprint density at radius 3 is 2.83 bits per heavy atom. The smallest absolute Gasteiger partial charge is 0.277 e. The molecule has 0 aliphatic carbocycles. The van der Waals surface area contributed by atoms with Crippen molar-refractivity contribution in [1.82, 2.24) is 14.8 Å². The lowest BCUT2D eigenvalue weighted by Crippen LogP contribution is -2.13. The van der Waals surface area contributed by atoms with Crippen LogP contribution >= 0.6 is 23.1 Å². The summed E-state index contributed by atoms with van der Waals surface area (Å²) in [5.41, 5.74) is 2.32. The van der Waals surface area contributed by atoms with E-state index >= 15 is 0 Å². The fourth-order valence-electron chi connectivity index (χ4n) is 2.42. The molecule has 0 aliphatic heterocycles.